The molecule has 1 atom stereocenters. The highest BCUT2D eigenvalue weighted by Crippen LogP contribution is 2.21. The van der Waals surface area contributed by atoms with Crippen LogP contribution in [0.5, 0.6) is 0 Å². The number of hydrogen-bond donors (Lipinski definition) is 1. The minimum Gasteiger partial charge on any atom is -0.352 e. The summed E-state index contributed by atoms with van der Waals surface area (Å²) in [6.45, 7) is 7.41. The third-order valence-corrected chi connectivity index (χ3v) is 6.06. The van der Waals surface area contributed by atoms with E-state index >= 15 is 0 Å². The smallest absolute Gasteiger partial charge is 0.239 e. The number of carbonyl (C=O) groups is 2. The van der Waals surface area contributed by atoms with Crippen molar-refractivity contribution in [3.05, 3.63) is 35.4 Å². The van der Waals surface area contributed by atoms with Crippen LogP contribution >= 0.6 is 0 Å². The van der Waals surface area contributed by atoms with E-state index in [1.807, 2.05) is 11.8 Å². The standard InChI is InChI=1S/C21H30N4O2/c1-16(21(27)25-9-8-17-4-2-3-5-18(17)14-25)24-12-10-23(11-13-24)15-20(26)22-19-6-7-19/h2-5,16,19H,6-15H2,1H3,(H,22,26)/t16-/m1/s1. The fourth-order valence-corrected chi connectivity index (χ4v) is 4.12. The first-order chi connectivity index (χ1) is 13.1. The fraction of sp³-hybridized carbons (Fsp3) is 0.619. The molecule has 1 aromatic rings. The Kier molecular flexibility index (Phi) is 5.45. The molecular weight excluding hydrogens is 340 g/mol. The first-order valence-corrected chi connectivity index (χ1v) is 10.2. The number of fused-ring (bicyclic) bond motifs is 1. The Morgan fingerprint density at radius 3 is 2.48 bits per heavy atom. The summed E-state index contributed by atoms with van der Waals surface area (Å²) in [7, 11) is 0. The summed E-state index contributed by atoms with van der Waals surface area (Å²) < 4.78 is 0. The second kappa shape index (κ2) is 7.98. The lowest BCUT2D eigenvalue weighted by Gasteiger charge is -2.39. The molecule has 1 saturated carbocycles. The van der Waals surface area contributed by atoms with Gasteiger partial charge in [-0.2, -0.15) is 0 Å². The van der Waals surface area contributed by atoms with Gasteiger partial charge >= 0.3 is 0 Å². The van der Waals surface area contributed by atoms with E-state index in [1.54, 1.807) is 0 Å². The summed E-state index contributed by atoms with van der Waals surface area (Å²) >= 11 is 0. The van der Waals surface area contributed by atoms with Crippen molar-refractivity contribution < 1.29 is 9.59 Å². The van der Waals surface area contributed by atoms with Gasteiger partial charge in [-0.25, -0.2) is 0 Å². The molecule has 0 unspecified atom stereocenters. The van der Waals surface area contributed by atoms with Gasteiger partial charge in [0.15, 0.2) is 0 Å². The van der Waals surface area contributed by atoms with Crippen LogP contribution in [-0.4, -0.2) is 77.9 Å². The molecule has 6 nitrogen and oxygen atoms in total. The highest BCUT2D eigenvalue weighted by atomic mass is 16.2. The Bertz CT molecular complexity index is 695. The molecule has 1 aromatic carbocycles. The highest BCUT2D eigenvalue weighted by molar-refractivity contribution is 5.82. The van der Waals surface area contributed by atoms with Gasteiger partial charge in [0.1, 0.15) is 0 Å². The maximum absolute atomic E-state index is 13.0. The zero-order chi connectivity index (χ0) is 18.8. The lowest BCUT2D eigenvalue weighted by molar-refractivity contribution is -0.138. The van der Waals surface area contributed by atoms with Gasteiger partial charge in [-0.15, -0.1) is 0 Å². The van der Waals surface area contributed by atoms with Crippen LogP contribution in [0.4, 0.5) is 0 Å². The zero-order valence-electron chi connectivity index (χ0n) is 16.2. The molecule has 146 valence electrons. The van der Waals surface area contributed by atoms with Gasteiger partial charge in [-0.05, 0) is 37.3 Å². The van der Waals surface area contributed by atoms with Crippen molar-refractivity contribution in [3.63, 3.8) is 0 Å². The van der Waals surface area contributed by atoms with Gasteiger partial charge in [0.05, 0.1) is 12.6 Å². The third kappa shape index (κ3) is 4.50. The van der Waals surface area contributed by atoms with E-state index in [0.717, 1.165) is 58.5 Å². The normalized spacial score (nSPS) is 22.2. The van der Waals surface area contributed by atoms with Crippen LogP contribution in [0.1, 0.15) is 30.9 Å². The van der Waals surface area contributed by atoms with Crippen molar-refractivity contribution in [2.45, 2.75) is 44.8 Å². The minimum atomic E-state index is -0.0993. The van der Waals surface area contributed by atoms with Crippen LogP contribution in [0.15, 0.2) is 24.3 Å². The first kappa shape index (κ1) is 18.4. The molecule has 2 fully saturated rings. The highest BCUT2D eigenvalue weighted by Gasteiger charge is 2.31. The SMILES string of the molecule is C[C@H](C(=O)N1CCc2ccccc2C1)N1CCN(CC(=O)NC2CC2)CC1. The van der Waals surface area contributed by atoms with Gasteiger partial charge in [0, 0.05) is 45.3 Å². The predicted molar refractivity (Wildman–Crippen MR) is 104 cm³/mol. The molecule has 0 spiro atoms. The Balaban J connectivity index is 1.25. The van der Waals surface area contributed by atoms with Crippen LogP contribution in [0.3, 0.4) is 0 Å². The van der Waals surface area contributed by atoms with Crippen LogP contribution in [-0.2, 0) is 22.6 Å². The molecule has 4 rings (SSSR count). The number of nitrogens with one attached hydrogen (secondary N) is 1. The van der Waals surface area contributed by atoms with Crippen molar-refractivity contribution >= 4 is 11.8 Å². The van der Waals surface area contributed by atoms with Crippen LogP contribution in [0.2, 0.25) is 0 Å². The van der Waals surface area contributed by atoms with Gasteiger partial charge in [0.2, 0.25) is 11.8 Å². The van der Waals surface area contributed by atoms with Crippen molar-refractivity contribution in [3.8, 4) is 0 Å². The van der Waals surface area contributed by atoms with Gasteiger partial charge in [0.25, 0.3) is 0 Å². The van der Waals surface area contributed by atoms with Crippen LogP contribution < -0.4 is 5.32 Å². The molecule has 0 radical (unpaired) electrons. The van der Waals surface area contributed by atoms with Crippen molar-refractivity contribution in [1.82, 2.24) is 20.0 Å². The monoisotopic (exact) mass is 370 g/mol. The Hall–Kier alpha value is -1.92. The minimum absolute atomic E-state index is 0.0993. The summed E-state index contributed by atoms with van der Waals surface area (Å²) in [4.78, 5) is 31.4. The molecule has 1 saturated heterocycles. The molecule has 1 aliphatic carbocycles. The zero-order valence-corrected chi connectivity index (χ0v) is 16.2. The average molecular weight is 370 g/mol. The second-order valence-corrected chi connectivity index (χ2v) is 8.11. The number of benzene rings is 1. The summed E-state index contributed by atoms with van der Waals surface area (Å²) in [5.74, 6) is 0.367. The van der Waals surface area contributed by atoms with E-state index in [0.29, 0.717) is 12.6 Å². The maximum atomic E-state index is 13.0. The number of carbonyl (C=O) groups excluding carboxylic acids is 2. The molecular formula is C21H30N4O2. The first-order valence-electron chi connectivity index (χ1n) is 10.2. The summed E-state index contributed by atoms with van der Waals surface area (Å²) in [5, 5.41) is 3.05. The van der Waals surface area contributed by atoms with Gasteiger partial charge in [-0.3, -0.25) is 19.4 Å². The summed E-state index contributed by atoms with van der Waals surface area (Å²) in [6, 6.07) is 8.74. The maximum Gasteiger partial charge on any atom is 0.239 e. The molecule has 0 bridgehead atoms. The Morgan fingerprint density at radius 1 is 1.07 bits per heavy atom. The molecule has 2 amide bonds. The van der Waals surface area contributed by atoms with Crippen molar-refractivity contribution in [1.29, 1.82) is 0 Å². The number of rotatable bonds is 5. The largest absolute Gasteiger partial charge is 0.352 e. The van der Waals surface area contributed by atoms with E-state index in [9.17, 15) is 9.59 Å². The fourth-order valence-electron chi connectivity index (χ4n) is 4.12. The van der Waals surface area contributed by atoms with Crippen LogP contribution in [0.25, 0.3) is 0 Å². The number of amides is 2. The quantitative estimate of drug-likeness (QED) is 0.835. The summed E-state index contributed by atoms with van der Waals surface area (Å²) in [5.41, 5.74) is 2.64. The van der Waals surface area contributed by atoms with Crippen molar-refractivity contribution in [2.24, 2.45) is 0 Å². The predicted octanol–water partition coefficient (Wildman–Crippen LogP) is 0.856. The van der Waals surface area contributed by atoms with E-state index in [-0.39, 0.29) is 17.9 Å². The van der Waals surface area contributed by atoms with Crippen molar-refractivity contribution in [2.75, 3.05) is 39.3 Å². The molecule has 0 aromatic heterocycles. The van der Waals surface area contributed by atoms with Gasteiger partial charge < -0.3 is 10.2 Å². The topological polar surface area (TPSA) is 55.9 Å². The molecule has 6 heteroatoms. The average Bonchev–Trinajstić information content (AvgIpc) is 3.51. The summed E-state index contributed by atoms with van der Waals surface area (Å²) in [6.07, 6.45) is 3.19. The lowest BCUT2D eigenvalue weighted by atomic mass is 9.99. The van der Waals surface area contributed by atoms with E-state index in [2.05, 4.69) is 39.4 Å². The number of piperazine rings is 1. The molecule has 2 heterocycles. The Morgan fingerprint density at radius 2 is 1.78 bits per heavy atom. The second-order valence-electron chi connectivity index (χ2n) is 8.11. The molecule has 27 heavy (non-hydrogen) atoms. The van der Waals surface area contributed by atoms with E-state index in [1.165, 1.54) is 11.1 Å². The molecule has 2 aliphatic heterocycles. The Labute approximate surface area is 161 Å². The van der Waals surface area contributed by atoms with Gasteiger partial charge in [-0.1, -0.05) is 24.3 Å². The number of nitrogens with zero attached hydrogens (tertiary/aromatic N) is 3. The third-order valence-electron chi connectivity index (χ3n) is 6.06. The molecule has 3 aliphatic rings. The molecule has 1 N–H and O–H groups in total. The van der Waals surface area contributed by atoms with E-state index < -0.39 is 0 Å². The van der Waals surface area contributed by atoms with Crippen LogP contribution in [0, 0.1) is 0 Å². The van der Waals surface area contributed by atoms with E-state index in [4.69, 9.17) is 0 Å². The number of hydrogen-bond acceptors (Lipinski definition) is 4. The lowest BCUT2D eigenvalue weighted by Crippen LogP contribution is -2.56.